The molecule has 1 aromatic heterocycles. The predicted molar refractivity (Wildman–Crippen MR) is 75.5 cm³/mol. The first-order chi connectivity index (χ1) is 9.76. The predicted octanol–water partition coefficient (Wildman–Crippen LogP) is 2.11. The number of rotatable bonds is 6. The summed E-state index contributed by atoms with van der Waals surface area (Å²) in [6.45, 7) is 0.577. The molecule has 6 nitrogen and oxygen atoms in total. The summed E-state index contributed by atoms with van der Waals surface area (Å²) in [5, 5.41) is 3.13. The molecule has 0 spiro atoms. The Morgan fingerprint density at radius 3 is 2.50 bits per heavy atom. The highest BCUT2D eigenvalue weighted by Gasteiger charge is 2.05. The van der Waals surface area contributed by atoms with Crippen LogP contribution in [0.3, 0.4) is 0 Å². The van der Waals surface area contributed by atoms with Crippen LogP contribution in [0.2, 0.25) is 0 Å². The summed E-state index contributed by atoms with van der Waals surface area (Å²) >= 11 is 0. The van der Waals surface area contributed by atoms with Crippen LogP contribution in [0.4, 0.5) is 5.95 Å². The Labute approximate surface area is 117 Å². The van der Waals surface area contributed by atoms with E-state index >= 15 is 0 Å². The van der Waals surface area contributed by atoms with Crippen LogP contribution in [-0.2, 0) is 6.54 Å². The topological polar surface area (TPSA) is 65.5 Å². The third-order valence-corrected chi connectivity index (χ3v) is 2.74. The lowest BCUT2D eigenvalue weighted by Gasteiger charge is -2.10. The van der Waals surface area contributed by atoms with E-state index in [1.807, 2.05) is 18.2 Å². The smallest absolute Gasteiger partial charge is 0.226 e. The van der Waals surface area contributed by atoms with Gasteiger partial charge < -0.3 is 19.5 Å². The number of hydrogen-bond donors (Lipinski definition) is 1. The molecule has 0 aliphatic heterocycles. The molecular formula is C14H17N3O3. The first-order valence-corrected chi connectivity index (χ1v) is 6.08. The average Bonchev–Trinajstić information content (AvgIpc) is 2.52. The minimum absolute atomic E-state index is 0.513. The molecule has 0 aliphatic carbocycles. The number of ether oxygens (including phenoxy) is 3. The van der Waals surface area contributed by atoms with E-state index < -0.39 is 0 Å². The fourth-order valence-corrected chi connectivity index (χ4v) is 1.71. The Morgan fingerprint density at radius 2 is 1.80 bits per heavy atom. The number of aromatic nitrogens is 2. The maximum Gasteiger partial charge on any atom is 0.226 e. The normalized spacial score (nSPS) is 9.95. The lowest BCUT2D eigenvalue weighted by atomic mass is 10.2. The lowest BCUT2D eigenvalue weighted by Crippen LogP contribution is -2.04. The van der Waals surface area contributed by atoms with Crippen LogP contribution in [-0.4, -0.2) is 31.3 Å². The number of benzene rings is 1. The number of hydrogen-bond acceptors (Lipinski definition) is 6. The standard InChI is InChI=1S/C14H17N3O3/c1-18-11-5-4-10(8-12(11)19-2)9-16-14-15-7-6-13(17-14)20-3/h4-8H,9H2,1-3H3,(H,15,16,17). The van der Waals surface area contributed by atoms with E-state index in [9.17, 15) is 0 Å². The van der Waals surface area contributed by atoms with Gasteiger partial charge in [0.05, 0.1) is 21.3 Å². The van der Waals surface area contributed by atoms with E-state index in [0.717, 1.165) is 5.56 Å². The summed E-state index contributed by atoms with van der Waals surface area (Å²) in [5.41, 5.74) is 1.04. The summed E-state index contributed by atoms with van der Waals surface area (Å²) < 4.78 is 15.5. The molecule has 1 aromatic carbocycles. The zero-order valence-electron chi connectivity index (χ0n) is 11.7. The van der Waals surface area contributed by atoms with Gasteiger partial charge in [0.25, 0.3) is 0 Å². The highest BCUT2D eigenvalue weighted by Crippen LogP contribution is 2.27. The Kier molecular flexibility index (Phi) is 4.60. The molecule has 20 heavy (non-hydrogen) atoms. The molecule has 6 heteroatoms. The van der Waals surface area contributed by atoms with Crippen molar-refractivity contribution in [2.75, 3.05) is 26.6 Å². The first-order valence-electron chi connectivity index (χ1n) is 6.08. The van der Waals surface area contributed by atoms with E-state index in [1.54, 1.807) is 33.6 Å². The van der Waals surface area contributed by atoms with Gasteiger partial charge in [-0.2, -0.15) is 4.98 Å². The molecule has 0 saturated carbocycles. The van der Waals surface area contributed by atoms with Gasteiger partial charge in [0.1, 0.15) is 0 Å². The van der Waals surface area contributed by atoms with Crippen LogP contribution in [0.1, 0.15) is 5.56 Å². The van der Waals surface area contributed by atoms with Crippen molar-refractivity contribution < 1.29 is 14.2 Å². The van der Waals surface area contributed by atoms with Crippen molar-refractivity contribution in [1.29, 1.82) is 0 Å². The minimum atomic E-state index is 0.513. The van der Waals surface area contributed by atoms with Crippen molar-refractivity contribution >= 4 is 5.95 Å². The SMILES string of the molecule is COc1ccnc(NCc2ccc(OC)c(OC)c2)n1. The van der Waals surface area contributed by atoms with E-state index in [1.165, 1.54) is 0 Å². The van der Waals surface area contributed by atoms with Gasteiger partial charge >= 0.3 is 0 Å². The van der Waals surface area contributed by atoms with Crippen molar-refractivity contribution in [2.24, 2.45) is 0 Å². The second kappa shape index (κ2) is 6.60. The van der Waals surface area contributed by atoms with Crippen LogP contribution < -0.4 is 19.5 Å². The maximum atomic E-state index is 5.26. The second-order valence-corrected chi connectivity index (χ2v) is 3.97. The van der Waals surface area contributed by atoms with Crippen LogP contribution in [0, 0.1) is 0 Å². The molecular weight excluding hydrogens is 258 g/mol. The Hall–Kier alpha value is -2.50. The van der Waals surface area contributed by atoms with Gasteiger partial charge in [-0.15, -0.1) is 0 Å². The number of methoxy groups -OCH3 is 3. The summed E-state index contributed by atoms with van der Waals surface area (Å²) in [6.07, 6.45) is 1.64. The molecule has 0 aliphatic rings. The fraction of sp³-hybridized carbons (Fsp3) is 0.286. The van der Waals surface area contributed by atoms with Crippen LogP contribution in [0.5, 0.6) is 17.4 Å². The molecule has 1 heterocycles. The van der Waals surface area contributed by atoms with E-state index in [4.69, 9.17) is 14.2 Å². The Morgan fingerprint density at radius 1 is 1.00 bits per heavy atom. The quantitative estimate of drug-likeness (QED) is 0.871. The third kappa shape index (κ3) is 3.28. The van der Waals surface area contributed by atoms with Gasteiger partial charge in [0, 0.05) is 18.8 Å². The Bertz CT molecular complexity index is 575. The zero-order chi connectivity index (χ0) is 14.4. The largest absolute Gasteiger partial charge is 0.493 e. The molecule has 0 radical (unpaired) electrons. The highest BCUT2D eigenvalue weighted by molar-refractivity contribution is 5.43. The molecule has 0 unspecified atom stereocenters. The monoisotopic (exact) mass is 275 g/mol. The first kappa shape index (κ1) is 13.9. The van der Waals surface area contributed by atoms with E-state index in [2.05, 4.69) is 15.3 Å². The maximum absolute atomic E-state index is 5.26. The van der Waals surface area contributed by atoms with Crippen LogP contribution >= 0.6 is 0 Å². The molecule has 1 N–H and O–H groups in total. The zero-order valence-corrected chi connectivity index (χ0v) is 11.7. The fourth-order valence-electron chi connectivity index (χ4n) is 1.71. The molecule has 2 aromatic rings. The average molecular weight is 275 g/mol. The second-order valence-electron chi connectivity index (χ2n) is 3.97. The van der Waals surface area contributed by atoms with Gasteiger partial charge in [-0.25, -0.2) is 4.98 Å². The van der Waals surface area contributed by atoms with Crippen molar-refractivity contribution in [1.82, 2.24) is 9.97 Å². The molecule has 0 amide bonds. The molecule has 0 bridgehead atoms. The molecule has 0 atom stereocenters. The molecule has 106 valence electrons. The molecule has 0 fully saturated rings. The lowest BCUT2D eigenvalue weighted by molar-refractivity contribution is 0.354. The van der Waals surface area contributed by atoms with Crippen molar-refractivity contribution in [2.45, 2.75) is 6.54 Å². The van der Waals surface area contributed by atoms with E-state index in [-0.39, 0.29) is 0 Å². The van der Waals surface area contributed by atoms with Crippen LogP contribution in [0.25, 0.3) is 0 Å². The third-order valence-electron chi connectivity index (χ3n) is 2.74. The van der Waals surface area contributed by atoms with Gasteiger partial charge in [-0.3, -0.25) is 0 Å². The van der Waals surface area contributed by atoms with Crippen molar-refractivity contribution in [3.63, 3.8) is 0 Å². The van der Waals surface area contributed by atoms with Gasteiger partial charge in [0.15, 0.2) is 11.5 Å². The van der Waals surface area contributed by atoms with E-state index in [0.29, 0.717) is 29.9 Å². The molecule has 0 saturated heterocycles. The minimum Gasteiger partial charge on any atom is -0.493 e. The van der Waals surface area contributed by atoms with Gasteiger partial charge in [-0.1, -0.05) is 6.07 Å². The summed E-state index contributed by atoms with van der Waals surface area (Å²) in [7, 11) is 4.79. The number of anilines is 1. The summed E-state index contributed by atoms with van der Waals surface area (Å²) in [6, 6.07) is 7.42. The van der Waals surface area contributed by atoms with Crippen molar-refractivity contribution in [3.8, 4) is 17.4 Å². The van der Waals surface area contributed by atoms with Gasteiger partial charge in [0.2, 0.25) is 11.8 Å². The van der Waals surface area contributed by atoms with Gasteiger partial charge in [-0.05, 0) is 17.7 Å². The molecule has 2 rings (SSSR count). The summed E-state index contributed by atoms with van der Waals surface area (Å²) in [4.78, 5) is 8.30. The van der Waals surface area contributed by atoms with Crippen LogP contribution in [0.15, 0.2) is 30.5 Å². The Balaban J connectivity index is 2.06. The highest BCUT2D eigenvalue weighted by atomic mass is 16.5. The van der Waals surface area contributed by atoms with Crippen molar-refractivity contribution in [3.05, 3.63) is 36.0 Å². The number of nitrogens with zero attached hydrogens (tertiary/aromatic N) is 2. The summed E-state index contributed by atoms with van der Waals surface area (Å²) in [5.74, 6) is 2.43. The number of nitrogens with one attached hydrogen (secondary N) is 1.